The van der Waals surface area contributed by atoms with Crippen molar-refractivity contribution in [2.75, 3.05) is 0 Å². The number of carbonyl (C=O) groups is 1. The molecule has 0 atom stereocenters. The number of Topliss-reactive ketones (excluding diaryl/α,β-unsaturated/α-hetero) is 1. The fourth-order valence-electron chi connectivity index (χ4n) is 2.98. The van der Waals surface area contributed by atoms with Crippen LogP contribution in [0, 0.1) is 18.3 Å². The number of aryl methyl sites for hydroxylation is 1. The quantitative estimate of drug-likeness (QED) is 0.718. The standard InChI is InChI=1S/C12H15NOS/c1-8-11(15-7-13-8)10(14)9-5-12(6-9)3-2-4-12/h7,9H,2-6H2,1H3. The molecule has 0 aromatic carbocycles. The number of thiazole rings is 1. The van der Waals surface area contributed by atoms with Crippen molar-refractivity contribution < 1.29 is 4.79 Å². The fourth-order valence-corrected chi connectivity index (χ4v) is 3.80. The lowest BCUT2D eigenvalue weighted by Gasteiger charge is -2.53. The van der Waals surface area contributed by atoms with Gasteiger partial charge in [0, 0.05) is 5.92 Å². The second-order valence-corrected chi connectivity index (χ2v) is 5.94. The lowest BCUT2D eigenvalue weighted by molar-refractivity contribution is -0.0148. The molecule has 1 aromatic heterocycles. The van der Waals surface area contributed by atoms with Gasteiger partial charge in [-0.05, 0) is 38.0 Å². The summed E-state index contributed by atoms with van der Waals surface area (Å²) in [5.41, 5.74) is 3.29. The maximum absolute atomic E-state index is 12.1. The molecule has 0 radical (unpaired) electrons. The molecule has 0 amide bonds. The zero-order valence-corrected chi connectivity index (χ0v) is 9.77. The van der Waals surface area contributed by atoms with E-state index in [4.69, 9.17) is 0 Å². The van der Waals surface area contributed by atoms with Gasteiger partial charge < -0.3 is 0 Å². The topological polar surface area (TPSA) is 30.0 Å². The van der Waals surface area contributed by atoms with Gasteiger partial charge in [0.05, 0.1) is 16.1 Å². The van der Waals surface area contributed by atoms with Crippen LogP contribution in [0.25, 0.3) is 0 Å². The van der Waals surface area contributed by atoms with Crippen molar-refractivity contribution in [1.82, 2.24) is 4.98 Å². The number of carbonyl (C=O) groups excluding carboxylic acids is 1. The van der Waals surface area contributed by atoms with Gasteiger partial charge in [0.1, 0.15) is 0 Å². The average molecular weight is 221 g/mol. The van der Waals surface area contributed by atoms with Crippen molar-refractivity contribution in [1.29, 1.82) is 0 Å². The zero-order chi connectivity index (χ0) is 10.5. The fraction of sp³-hybridized carbons (Fsp3) is 0.667. The molecule has 2 nitrogen and oxygen atoms in total. The van der Waals surface area contributed by atoms with Gasteiger partial charge in [0.25, 0.3) is 0 Å². The highest BCUT2D eigenvalue weighted by molar-refractivity contribution is 7.12. The summed E-state index contributed by atoms with van der Waals surface area (Å²) in [4.78, 5) is 17.2. The summed E-state index contributed by atoms with van der Waals surface area (Å²) in [6.45, 7) is 1.93. The van der Waals surface area contributed by atoms with E-state index in [-0.39, 0.29) is 0 Å². The Labute approximate surface area is 93.7 Å². The van der Waals surface area contributed by atoms with Crippen LogP contribution in [0.3, 0.4) is 0 Å². The van der Waals surface area contributed by atoms with E-state index in [9.17, 15) is 4.79 Å². The van der Waals surface area contributed by atoms with Crippen molar-refractivity contribution in [2.45, 2.75) is 39.0 Å². The lowest BCUT2D eigenvalue weighted by Crippen LogP contribution is -2.45. The molecule has 2 aliphatic rings. The Morgan fingerprint density at radius 2 is 2.27 bits per heavy atom. The minimum absolute atomic E-state index is 0.310. The SMILES string of the molecule is Cc1ncsc1C(=O)C1CC2(CCC2)C1. The molecule has 0 bridgehead atoms. The number of ketones is 1. The van der Waals surface area contributed by atoms with Gasteiger partial charge in [-0.3, -0.25) is 4.79 Å². The van der Waals surface area contributed by atoms with Crippen LogP contribution in [-0.2, 0) is 0 Å². The molecule has 1 spiro atoms. The van der Waals surface area contributed by atoms with Gasteiger partial charge in [0.15, 0.2) is 5.78 Å². The van der Waals surface area contributed by atoms with E-state index in [2.05, 4.69) is 4.98 Å². The van der Waals surface area contributed by atoms with E-state index in [0.29, 0.717) is 17.1 Å². The highest BCUT2D eigenvalue weighted by Crippen LogP contribution is 2.59. The smallest absolute Gasteiger partial charge is 0.177 e. The van der Waals surface area contributed by atoms with Crippen LogP contribution < -0.4 is 0 Å². The van der Waals surface area contributed by atoms with Crippen LogP contribution in [0.5, 0.6) is 0 Å². The van der Waals surface area contributed by atoms with Gasteiger partial charge in [0.2, 0.25) is 0 Å². The van der Waals surface area contributed by atoms with Crippen molar-refractivity contribution in [3.63, 3.8) is 0 Å². The monoisotopic (exact) mass is 221 g/mol. The number of aromatic nitrogens is 1. The van der Waals surface area contributed by atoms with Crippen LogP contribution in [0.4, 0.5) is 0 Å². The van der Waals surface area contributed by atoms with Crippen LogP contribution >= 0.6 is 11.3 Å². The highest BCUT2D eigenvalue weighted by atomic mass is 32.1. The number of rotatable bonds is 2. The van der Waals surface area contributed by atoms with Crippen LogP contribution in [0.2, 0.25) is 0 Å². The molecule has 15 heavy (non-hydrogen) atoms. The molecule has 1 aromatic rings. The minimum Gasteiger partial charge on any atom is -0.293 e. The van der Waals surface area contributed by atoms with E-state index < -0.39 is 0 Å². The summed E-state index contributed by atoms with van der Waals surface area (Å²) in [7, 11) is 0. The first-order valence-corrected chi connectivity index (χ1v) is 6.52. The third-order valence-electron chi connectivity index (χ3n) is 4.11. The molecule has 1 heterocycles. The summed E-state index contributed by atoms with van der Waals surface area (Å²) in [5, 5.41) is 0. The van der Waals surface area contributed by atoms with Crippen LogP contribution in [0.15, 0.2) is 5.51 Å². The van der Waals surface area contributed by atoms with E-state index >= 15 is 0 Å². The summed E-state index contributed by atoms with van der Waals surface area (Å²) in [5.74, 6) is 0.664. The molecule has 80 valence electrons. The van der Waals surface area contributed by atoms with Gasteiger partial charge in [-0.2, -0.15) is 0 Å². The number of hydrogen-bond donors (Lipinski definition) is 0. The molecule has 3 heteroatoms. The maximum atomic E-state index is 12.1. The minimum atomic E-state index is 0.310. The molecular formula is C12H15NOS. The Kier molecular flexibility index (Phi) is 2.00. The van der Waals surface area contributed by atoms with Crippen LogP contribution in [0.1, 0.15) is 47.5 Å². The Hall–Kier alpha value is -0.700. The van der Waals surface area contributed by atoms with Crippen molar-refractivity contribution >= 4 is 17.1 Å². The number of hydrogen-bond acceptors (Lipinski definition) is 3. The van der Waals surface area contributed by atoms with Gasteiger partial charge in [-0.1, -0.05) is 6.42 Å². The van der Waals surface area contributed by atoms with E-state index in [0.717, 1.165) is 23.4 Å². The first-order valence-electron chi connectivity index (χ1n) is 5.65. The van der Waals surface area contributed by atoms with Gasteiger partial charge >= 0.3 is 0 Å². The normalized spacial score (nSPS) is 23.5. The molecule has 2 fully saturated rings. The van der Waals surface area contributed by atoms with Gasteiger partial charge in [-0.25, -0.2) is 4.98 Å². The predicted molar refractivity (Wildman–Crippen MR) is 60.2 cm³/mol. The van der Waals surface area contributed by atoms with E-state index in [1.54, 1.807) is 5.51 Å². The van der Waals surface area contributed by atoms with Gasteiger partial charge in [-0.15, -0.1) is 11.3 Å². The Morgan fingerprint density at radius 3 is 2.73 bits per heavy atom. The molecule has 0 aliphatic heterocycles. The third-order valence-corrected chi connectivity index (χ3v) is 5.06. The van der Waals surface area contributed by atoms with Crippen molar-refractivity contribution in [2.24, 2.45) is 11.3 Å². The summed E-state index contributed by atoms with van der Waals surface area (Å²) < 4.78 is 0. The van der Waals surface area contributed by atoms with Crippen molar-refractivity contribution in [3.05, 3.63) is 16.1 Å². The first kappa shape index (κ1) is 9.52. The second kappa shape index (κ2) is 3.14. The highest BCUT2D eigenvalue weighted by Gasteiger charge is 2.50. The first-order chi connectivity index (χ1) is 7.20. The third kappa shape index (κ3) is 1.36. The Morgan fingerprint density at radius 1 is 1.53 bits per heavy atom. The lowest BCUT2D eigenvalue weighted by atomic mass is 9.51. The molecule has 3 rings (SSSR count). The summed E-state index contributed by atoms with van der Waals surface area (Å²) >= 11 is 1.50. The Bertz CT molecular complexity index is 398. The van der Waals surface area contributed by atoms with E-state index in [1.165, 1.54) is 30.6 Å². The maximum Gasteiger partial charge on any atom is 0.177 e. The molecule has 0 unspecified atom stereocenters. The molecule has 2 saturated carbocycles. The molecule has 2 aliphatic carbocycles. The molecule has 0 N–H and O–H groups in total. The summed E-state index contributed by atoms with van der Waals surface area (Å²) in [6, 6.07) is 0. The largest absolute Gasteiger partial charge is 0.293 e. The molecule has 0 saturated heterocycles. The Balaban J connectivity index is 1.70. The van der Waals surface area contributed by atoms with E-state index in [1.807, 2.05) is 6.92 Å². The predicted octanol–water partition coefficient (Wildman–Crippen LogP) is 3.21. The van der Waals surface area contributed by atoms with Crippen molar-refractivity contribution in [3.8, 4) is 0 Å². The summed E-state index contributed by atoms with van der Waals surface area (Å²) in [6.07, 6.45) is 6.38. The molecular weight excluding hydrogens is 206 g/mol. The average Bonchev–Trinajstić information content (AvgIpc) is 2.45. The number of nitrogens with zero attached hydrogens (tertiary/aromatic N) is 1. The van der Waals surface area contributed by atoms with Crippen LogP contribution in [-0.4, -0.2) is 10.8 Å². The second-order valence-electron chi connectivity index (χ2n) is 5.09. The zero-order valence-electron chi connectivity index (χ0n) is 8.95.